The molecule has 0 radical (unpaired) electrons. The van der Waals surface area contributed by atoms with E-state index in [0.717, 1.165) is 38.2 Å². The third kappa shape index (κ3) is 4.13. The van der Waals surface area contributed by atoms with Gasteiger partial charge in [-0.05, 0) is 30.7 Å². The van der Waals surface area contributed by atoms with Gasteiger partial charge >= 0.3 is 6.61 Å². The van der Waals surface area contributed by atoms with Gasteiger partial charge in [-0.25, -0.2) is 0 Å². The molecule has 0 bridgehead atoms. The van der Waals surface area contributed by atoms with Crippen molar-refractivity contribution < 1.29 is 18.6 Å². The van der Waals surface area contributed by atoms with E-state index in [1.807, 2.05) is 0 Å². The van der Waals surface area contributed by atoms with E-state index in [4.69, 9.17) is 0 Å². The lowest BCUT2D eigenvalue weighted by molar-refractivity contribution is -0.0498. The third-order valence-electron chi connectivity index (χ3n) is 3.48. The Morgan fingerprint density at radius 2 is 1.95 bits per heavy atom. The summed E-state index contributed by atoms with van der Waals surface area (Å²) in [5.74, 6) is 0.137. The Hall–Kier alpha value is -1.24. The zero-order valence-corrected chi connectivity index (χ0v) is 11.3. The largest absolute Gasteiger partial charge is 0.435 e. The molecule has 112 valence electrons. The molecular formula is C14H20F2N2O2. The quantitative estimate of drug-likeness (QED) is 0.863. The number of aliphatic hydroxyl groups excluding tert-OH is 1. The predicted molar refractivity (Wildman–Crippen MR) is 72.0 cm³/mol. The number of rotatable bonds is 5. The lowest BCUT2D eigenvalue weighted by Crippen LogP contribution is -2.34. The fraction of sp³-hybridized carbons (Fsp3) is 0.571. The topological polar surface area (TPSA) is 44.7 Å². The van der Waals surface area contributed by atoms with Crippen LogP contribution in [-0.2, 0) is 0 Å². The Morgan fingerprint density at radius 3 is 2.60 bits per heavy atom. The van der Waals surface area contributed by atoms with Crippen LogP contribution in [0.15, 0.2) is 24.3 Å². The lowest BCUT2D eigenvalue weighted by atomic mass is 10.1. The zero-order valence-electron chi connectivity index (χ0n) is 11.3. The fourth-order valence-corrected chi connectivity index (χ4v) is 2.48. The SMILES string of the molecule is OCC(c1ccc(OC(F)F)cc1)N1CCCNCC1. The summed E-state index contributed by atoms with van der Waals surface area (Å²) >= 11 is 0. The van der Waals surface area contributed by atoms with Crippen molar-refractivity contribution in [2.24, 2.45) is 0 Å². The number of alkyl halides is 2. The van der Waals surface area contributed by atoms with Crippen LogP contribution in [0.5, 0.6) is 5.75 Å². The van der Waals surface area contributed by atoms with Crippen molar-refractivity contribution in [3.63, 3.8) is 0 Å². The van der Waals surface area contributed by atoms with Crippen molar-refractivity contribution in [3.8, 4) is 5.75 Å². The van der Waals surface area contributed by atoms with E-state index in [1.54, 1.807) is 12.1 Å². The van der Waals surface area contributed by atoms with Crippen LogP contribution in [0, 0.1) is 0 Å². The molecule has 1 aromatic carbocycles. The molecule has 2 rings (SSSR count). The van der Waals surface area contributed by atoms with Crippen molar-refractivity contribution in [1.82, 2.24) is 10.2 Å². The summed E-state index contributed by atoms with van der Waals surface area (Å²) in [5.41, 5.74) is 0.913. The van der Waals surface area contributed by atoms with E-state index in [9.17, 15) is 13.9 Å². The molecule has 0 saturated carbocycles. The van der Waals surface area contributed by atoms with Gasteiger partial charge in [-0.3, -0.25) is 4.90 Å². The molecule has 1 heterocycles. The van der Waals surface area contributed by atoms with Gasteiger partial charge in [-0.15, -0.1) is 0 Å². The van der Waals surface area contributed by atoms with E-state index in [0.29, 0.717) is 0 Å². The van der Waals surface area contributed by atoms with Gasteiger partial charge in [0.1, 0.15) is 5.75 Å². The van der Waals surface area contributed by atoms with Crippen LogP contribution in [-0.4, -0.2) is 49.4 Å². The molecule has 4 nitrogen and oxygen atoms in total. The van der Waals surface area contributed by atoms with E-state index < -0.39 is 6.61 Å². The minimum absolute atomic E-state index is 0.00898. The second-order valence-corrected chi connectivity index (χ2v) is 4.79. The second kappa shape index (κ2) is 7.52. The molecule has 1 aromatic rings. The summed E-state index contributed by atoms with van der Waals surface area (Å²) in [6.07, 6.45) is 1.03. The smallest absolute Gasteiger partial charge is 0.387 e. The van der Waals surface area contributed by atoms with Gasteiger partial charge in [-0.2, -0.15) is 8.78 Å². The Kier molecular flexibility index (Phi) is 5.70. The maximum Gasteiger partial charge on any atom is 0.387 e. The first-order valence-corrected chi connectivity index (χ1v) is 6.81. The van der Waals surface area contributed by atoms with Crippen molar-refractivity contribution in [2.45, 2.75) is 19.1 Å². The molecule has 2 N–H and O–H groups in total. The molecule has 1 aliphatic rings. The van der Waals surface area contributed by atoms with Crippen LogP contribution in [0.2, 0.25) is 0 Å². The molecule has 1 atom stereocenters. The van der Waals surface area contributed by atoms with Gasteiger partial charge in [0.25, 0.3) is 0 Å². The highest BCUT2D eigenvalue weighted by atomic mass is 19.3. The highest BCUT2D eigenvalue weighted by molar-refractivity contribution is 5.29. The van der Waals surface area contributed by atoms with E-state index >= 15 is 0 Å². The highest BCUT2D eigenvalue weighted by Crippen LogP contribution is 2.24. The van der Waals surface area contributed by atoms with Gasteiger partial charge < -0.3 is 15.2 Å². The number of nitrogens with zero attached hydrogens (tertiary/aromatic N) is 1. The van der Waals surface area contributed by atoms with E-state index in [1.165, 1.54) is 12.1 Å². The highest BCUT2D eigenvalue weighted by Gasteiger charge is 2.20. The molecule has 1 unspecified atom stereocenters. The minimum Gasteiger partial charge on any atom is -0.435 e. The summed E-state index contributed by atoms with van der Waals surface area (Å²) in [4.78, 5) is 2.21. The fourth-order valence-electron chi connectivity index (χ4n) is 2.48. The van der Waals surface area contributed by atoms with Gasteiger partial charge in [0, 0.05) is 19.6 Å². The molecular weight excluding hydrogens is 266 g/mol. The Balaban J connectivity index is 2.06. The number of aliphatic hydroxyl groups is 1. The maximum atomic E-state index is 12.1. The number of hydrogen-bond donors (Lipinski definition) is 2. The summed E-state index contributed by atoms with van der Waals surface area (Å²) in [5, 5.41) is 12.9. The first-order valence-electron chi connectivity index (χ1n) is 6.81. The Bertz CT molecular complexity index is 393. The van der Waals surface area contributed by atoms with Crippen LogP contribution in [0.4, 0.5) is 8.78 Å². The first kappa shape index (κ1) is 15.2. The third-order valence-corrected chi connectivity index (χ3v) is 3.48. The number of nitrogens with one attached hydrogen (secondary N) is 1. The van der Waals surface area contributed by atoms with E-state index in [-0.39, 0.29) is 18.4 Å². The van der Waals surface area contributed by atoms with Crippen molar-refractivity contribution >= 4 is 0 Å². The summed E-state index contributed by atoms with van der Waals surface area (Å²) in [7, 11) is 0. The first-order chi connectivity index (χ1) is 9.70. The molecule has 1 aliphatic heterocycles. The standard InChI is InChI=1S/C14H20F2N2O2/c15-14(16)20-12-4-2-11(3-5-12)13(10-19)18-8-1-6-17-7-9-18/h2-5,13-14,17,19H,1,6-10H2. The van der Waals surface area contributed by atoms with Crippen LogP contribution >= 0.6 is 0 Å². The van der Waals surface area contributed by atoms with Crippen LogP contribution in [0.3, 0.4) is 0 Å². The summed E-state index contributed by atoms with van der Waals surface area (Å²) in [6, 6.07) is 6.39. The molecule has 6 heteroatoms. The second-order valence-electron chi connectivity index (χ2n) is 4.79. The summed E-state index contributed by atoms with van der Waals surface area (Å²) < 4.78 is 28.5. The van der Waals surface area contributed by atoms with Crippen molar-refractivity contribution in [3.05, 3.63) is 29.8 Å². The van der Waals surface area contributed by atoms with Gasteiger partial charge in [0.2, 0.25) is 0 Å². The molecule has 0 aliphatic carbocycles. The van der Waals surface area contributed by atoms with Crippen LogP contribution < -0.4 is 10.1 Å². The Morgan fingerprint density at radius 1 is 1.20 bits per heavy atom. The van der Waals surface area contributed by atoms with Crippen molar-refractivity contribution in [2.75, 3.05) is 32.8 Å². The Labute approximate surface area is 117 Å². The zero-order chi connectivity index (χ0) is 14.4. The molecule has 0 aromatic heterocycles. The number of hydrogen-bond acceptors (Lipinski definition) is 4. The average molecular weight is 286 g/mol. The molecule has 1 saturated heterocycles. The van der Waals surface area contributed by atoms with Crippen LogP contribution in [0.1, 0.15) is 18.0 Å². The lowest BCUT2D eigenvalue weighted by Gasteiger charge is -2.29. The molecule has 20 heavy (non-hydrogen) atoms. The predicted octanol–water partition coefficient (Wildman–Crippen LogP) is 1.62. The molecule has 0 amide bonds. The van der Waals surface area contributed by atoms with Crippen molar-refractivity contribution in [1.29, 1.82) is 0 Å². The molecule has 1 fully saturated rings. The minimum atomic E-state index is -2.81. The number of ether oxygens (including phenoxy) is 1. The molecule has 0 spiro atoms. The monoisotopic (exact) mass is 286 g/mol. The van der Waals surface area contributed by atoms with E-state index in [2.05, 4.69) is 15.0 Å². The maximum absolute atomic E-state index is 12.1. The van der Waals surface area contributed by atoms with Gasteiger partial charge in [-0.1, -0.05) is 12.1 Å². The number of benzene rings is 1. The normalized spacial score (nSPS) is 18.8. The summed E-state index contributed by atoms with van der Waals surface area (Å²) in [6.45, 7) is 0.841. The average Bonchev–Trinajstić information content (AvgIpc) is 2.70. The number of halogens is 2. The van der Waals surface area contributed by atoms with Gasteiger partial charge in [0.15, 0.2) is 0 Å². The van der Waals surface area contributed by atoms with Gasteiger partial charge in [0.05, 0.1) is 12.6 Å². The van der Waals surface area contributed by atoms with Crippen LogP contribution in [0.25, 0.3) is 0 Å².